The van der Waals surface area contributed by atoms with Gasteiger partial charge >= 0.3 is 0 Å². The number of para-hydroxylation sites is 1. The van der Waals surface area contributed by atoms with Gasteiger partial charge in [-0.3, -0.25) is 0 Å². The normalized spacial score (nSPS) is 11.5. The highest BCUT2D eigenvalue weighted by Gasteiger charge is 2.17. The van der Waals surface area contributed by atoms with Gasteiger partial charge in [-0.2, -0.15) is 0 Å². The topological polar surface area (TPSA) is 51.8 Å². The van der Waals surface area contributed by atoms with Gasteiger partial charge in [0, 0.05) is 27.6 Å². The van der Waals surface area contributed by atoms with Crippen LogP contribution < -0.4 is 5.19 Å². The summed E-state index contributed by atoms with van der Waals surface area (Å²) in [6, 6.07) is 61.8. The molecular weight excluding hydrogens is 687 g/mol. The molecule has 0 saturated heterocycles. The van der Waals surface area contributed by atoms with Crippen LogP contribution >= 0.6 is 0 Å². The number of nitrogens with zero attached hydrogens (tertiary/aromatic N) is 3. The number of hydrogen-bond acceptors (Lipinski definition) is 4. The number of hydrogen-bond donors (Lipinski definition) is 0. The van der Waals surface area contributed by atoms with E-state index in [9.17, 15) is 0 Å². The Morgan fingerprint density at radius 2 is 0.782 bits per heavy atom. The molecule has 55 heavy (non-hydrogen) atoms. The lowest BCUT2D eigenvalue weighted by Gasteiger charge is -2.16. The molecule has 0 N–H and O–H groups in total. The van der Waals surface area contributed by atoms with E-state index in [4.69, 9.17) is 19.4 Å². The van der Waals surface area contributed by atoms with Gasteiger partial charge in [-0.15, -0.1) is 0 Å². The average Bonchev–Trinajstić information content (AvgIpc) is 3.68. The van der Waals surface area contributed by atoms with E-state index in [0.717, 1.165) is 49.9 Å². The minimum absolute atomic E-state index is 0.621. The van der Waals surface area contributed by atoms with Crippen molar-refractivity contribution >= 4 is 24.2 Å². The summed E-state index contributed by atoms with van der Waals surface area (Å²) in [5.74, 6) is 1.88. The predicted octanol–water partition coefficient (Wildman–Crippen LogP) is 12.8. The zero-order valence-corrected chi connectivity index (χ0v) is 32.1. The van der Waals surface area contributed by atoms with E-state index in [1.807, 2.05) is 54.8 Å². The molecule has 4 nitrogen and oxygen atoms in total. The second kappa shape index (κ2) is 14.3. The maximum absolute atomic E-state index is 5.82. The van der Waals surface area contributed by atoms with Gasteiger partial charge < -0.3 is 4.42 Å². The van der Waals surface area contributed by atoms with Crippen LogP contribution in [0.2, 0.25) is 19.6 Å². The standard InChI is InChI=1S/C50H39N3OSi/c1-55(2,3)44-29-27-35(28-30-44)34-19-21-36(22-20-34)40-13-9-14-41(31-40)42-15-10-16-43(32-42)50-52-48(38-11-5-4-6-12-38)51-49(53-50)39-25-23-37(24-26-39)46-33-54-47-18-8-7-17-45(46)47/h4-33H,1-3H3. The molecule has 0 aliphatic rings. The Hall–Kier alpha value is -6.69. The van der Waals surface area contributed by atoms with Crippen molar-refractivity contribution in [2.24, 2.45) is 0 Å². The maximum Gasteiger partial charge on any atom is 0.164 e. The second-order valence-corrected chi connectivity index (χ2v) is 20.0. The zero-order valence-electron chi connectivity index (χ0n) is 31.1. The molecule has 0 amide bonds. The Morgan fingerprint density at radius 1 is 0.364 bits per heavy atom. The fourth-order valence-corrected chi connectivity index (χ4v) is 8.25. The first kappa shape index (κ1) is 34.1. The number of benzene rings is 7. The lowest BCUT2D eigenvalue weighted by molar-refractivity contribution is 0.617. The van der Waals surface area contributed by atoms with Crippen LogP contribution in [0.4, 0.5) is 0 Å². The Kier molecular flexibility index (Phi) is 8.85. The molecular formula is C50H39N3OSi. The van der Waals surface area contributed by atoms with E-state index in [1.54, 1.807) is 0 Å². The first-order valence-electron chi connectivity index (χ1n) is 18.7. The summed E-state index contributed by atoms with van der Waals surface area (Å²) in [6.07, 6.45) is 1.82. The molecule has 5 heteroatoms. The molecule has 0 fully saturated rings. The van der Waals surface area contributed by atoms with Crippen LogP contribution in [0.15, 0.2) is 187 Å². The van der Waals surface area contributed by atoms with Crippen LogP contribution in [-0.2, 0) is 0 Å². The molecule has 9 rings (SSSR count). The first-order valence-corrected chi connectivity index (χ1v) is 22.2. The van der Waals surface area contributed by atoms with Crippen molar-refractivity contribution in [3.63, 3.8) is 0 Å². The predicted molar refractivity (Wildman–Crippen MR) is 231 cm³/mol. The molecule has 2 heterocycles. The van der Waals surface area contributed by atoms with E-state index in [2.05, 4.69) is 147 Å². The van der Waals surface area contributed by atoms with Gasteiger partial charge in [0.05, 0.1) is 14.3 Å². The molecule has 0 saturated carbocycles. The minimum Gasteiger partial charge on any atom is -0.464 e. The minimum atomic E-state index is -1.33. The van der Waals surface area contributed by atoms with Gasteiger partial charge in [0.2, 0.25) is 0 Å². The molecule has 264 valence electrons. The Morgan fingerprint density at radius 3 is 1.40 bits per heavy atom. The van der Waals surface area contributed by atoms with Crippen molar-refractivity contribution in [3.05, 3.63) is 182 Å². The molecule has 9 aromatic rings. The summed E-state index contributed by atoms with van der Waals surface area (Å²) >= 11 is 0. The zero-order chi connectivity index (χ0) is 37.4. The van der Waals surface area contributed by atoms with Crippen molar-refractivity contribution in [2.45, 2.75) is 19.6 Å². The van der Waals surface area contributed by atoms with Crippen molar-refractivity contribution in [3.8, 4) is 78.7 Å². The van der Waals surface area contributed by atoms with Crippen LogP contribution in [0.25, 0.3) is 89.6 Å². The molecule has 0 atom stereocenters. The van der Waals surface area contributed by atoms with Crippen LogP contribution in [0.5, 0.6) is 0 Å². The molecule has 0 aliphatic heterocycles. The number of fused-ring (bicyclic) bond motifs is 1. The Bertz CT molecular complexity index is 2770. The highest BCUT2D eigenvalue weighted by molar-refractivity contribution is 6.88. The SMILES string of the molecule is C[Si](C)(C)c1ccc(-c2ccc(-c3cccc(-c4cccc(-c5nc(-c6ccccc6)nc(-c6ccc(-c7coc8ccccc78)cc6)n5)c4)c3)cc2)cc1. The highest BCUT2D eigenvalue weighted by atomic mass is 28.3. The average molecular weight is 726 g/mol. The number of rotatable bonds is 8. The van der Waals surface area contributed by atoms with Gasteiger partial charge in [-0.1, -0.05) is 183 Å². The first-order chi connectivity index (χ1) is 26.9. The van der Waals surface area contributed by atoms with Gasteiger partial charge in [0.15, 0.2) is 17.5 Å². The summed E-state index contributed by atoms with van der Waals surface area (Å²) in [7, 11) is -1.33. The fourth-order valence-electron chi connectivity index (χ4n) is 7.08. The molecule has 0 spiro atoms. The van der Waals surface area contributed by atoms with Gasteiger partial charge in [-0.25, -0.2) is 15.0 Å². The number of aromatic nitrogens is 3. The summed E-state index contributed by atoms with van der Waals surface area (Å²) in [6.45, 7) is 7.16. The lowest BCUT2D eigenvalue weighted by atomic mass is 9.96. The summed E-state index contributed by atoms with van der Waals surface area (Å²) in [5.41, 5.74) is 12.8. The van der Waals surface area contributed by atoms with Crippen LogP contribution in [0.1, 0.15) is 0 Å². The monoisotopic (exact) mass is 725 g/mol. The van der Waals surface area contributed by atoms with E-state index in [0.29, 0.717) is 17.5 Å². The third-order valence-corrected chi connectivity index (χ3v) is 12.3. The quantitative estimate of drug-likeness (QED) is 0.146. The molecule has 0 aliphatic carbocycles. The Labute approximate surface area is 322 Å². The lowest BCUT2D eigenvalue weighted by Crippen LogP contribution is -2.37. The van der Waals surface area contributed by atoms with E-state index >= 15 is 0 Å². The largest absolute Gasteiger partial charge is 0.464 e. The molecule has 0 radical (unpaired) electrons. The smallest absolute Gasteiger partial charge is 0.164 e. The summed E-state index contributed by atoms with van der Waals surface area (Å²) in [5, 5.41) is 2.57. The summed E-state index contributed by atoms with van der Waals surface area (Å²) < 4.78 is 5.82. The molecule has 0 bridgehead atoms. The van der Waals surface area contributed by atoms with Crippen LogP contribution in [0, 0.1) is 0 Å². The summed E-state index contributed by atoms with van der Waals surface area (Å²) in [4.78, 5) is 15.0. The van der Waals surface area contributed by atoms with Crippen LogP contribution in [-0.4, -0.2) is 23.0 Å². The molecule has 2 aromatic heterocycles. The van der Waals surface area contributed by atoms with E-state index in [-0.39, 0.29) is 0 Å². The van der Waals surface area contributed by atoms with E-state index in [1.165, 1.54) is 27.4 Å². The van der Waals surface area contributed by atoms with Crippen molar-refractivity contribution in [1.82, 2.24) is 15.0 Å². The van der Waals surface area contributed by atoms with Crippen molar-refractivity contribution in [1.29, 1.82) is 0 Å². The maximum atomic E-state index is 5.82. The second-order valence-electron chi connectivity index (χ2n) is 15.0. The fraction of sp³-hybridized carbons (Fsp3) is 0.0600. The highest BCUT2D eigenvalue weighted by Crippen LogP contribution is 2.34. The van der Waals surface area contributed by atoms with E-state index < -0.39 is 8.07 Å². The third-order valence-electron chi connectivity index (χ3n) is 10.2. The van der Waals surface area contributed by atoms with Crippen molar-refractivity contribution in [2.75, 3.05) is 0 Å². The van der Waals surface area contributed by atoms with Crippen LogP contribution in [0.3, 0.4) is 0 Å². The van der Waals surface area contributed by atoms with Crippen molar-refractivity contribution < 1.29 is 4.42 Å². The van der Waals surface area contributed by atoms with Gasteiger partial charge in [0.1, 0.15) is 5.58 Å². The molecule has 0 unspecified atom stereocenters. The van der Waals surface area contributed by atoms with Gasteiger partial charge in [-0.05, 0) is 57.1 Å². The third kappa shape index (κ3) is 7.06. The molecule has 7 aromatic carbocycles. The Balaban J connectivity index is 1.03. The number of furan rings is 1. The van der Waals surface area contributed by atoms with Gasteiger partial charge in [0.25, 0.3) is 0 Å².